The first-order chi connectivity index (χ1) is 8.70. The Labute approximate surface area is 109 Å². The van der Waals surface area contributed by atoms with Gasteiger partial charge in [0.2, 0.25) is 0 Å². The Balaban J connectivity index is 2.25. The number of anilines is 2. The van der Waals surface area contributed by atoms with Gasteiger partial charge in [0.1, 0.15) is 0 Å². The lowest BCUT2D eigenvalue weighted by Gasteiger charge is -2.08. The van der Waals surface area contributed by atoms with E-state index in [-0.39, 0.29) is 0 Å². The van der Waals surface area contributed by atoms with E-state index in [9.17, 15) is 0 Å². The van der Waals surface area contributed by atoms with E-state index < -0.39 is 0 Å². The number of unbranched alkanes of at least 4 members (excludes halogenated alkanes) is 1. The molecule has 2 heteroatoms. The molecule has 0 radical (unpaired) electrons. The molecule has 0 spiro atoms. The predicted molar refractivity (Wildman–Crippen MR) is 79.3 cm³/mol. The molecule has 2 aromatic rings. The highest BCUT2D eigenvalue weighted by atomic mass is 14.6. The third-order valence-electron chi connectivity index (χ3n) is 3.16. The summed E-state index contributed by atoms with van der Waals surface area (Å²) in [5, 5.41) is 0. The highest BCUT2D eigenvalue weighted by molar-refractivity contribution is 5.79. The summed E-state index contributed by atoms with van der Waals surface area (Å²) >= 11 is 0. The molecule has 0 bridgehead atoms. The highest BCUT2D eigenvalue weighted by Gasteiger charge is 2.03. The Morgan fingerprint density at radius 1 is 0.944 bits per heavy atom. The average Bonchev–Trinajstić information content (AvgIpc) is 2.40. The number of benzene rings is 2. The van der Waals surface area contributed by atoms with Crippen LogP contribution >= 0.6 is 0 Å². The smallest absolute Gasteiger partial charge is 0.0395 e. The van der Waals surface area contributed by atoms with Gasteiger partial charge in [0.15, 0.2) is 0 Å². The summed E-state index contributed by atoms with van der Waals surface area (Å²) in [6.07, 6.45) is 3.60. The zero-order valence-corrected chi connectivity index (χ0v) is 10.8. The Morgan fingerprint density at radius 3 is 2.33 bits per heavy atom. The lowest BCUT2D eigenvalue weighted by molar-refractivity contribution is 0.795. The number of nitrogen functional groups attached to an aromatic ring is 2. The minimum absolute atomic E-state index is 0.745. The fourth-order valence-electron chi connectivity index (χ4n) is 2.06. The van der Waals surface area contributed by atoms with Crippen LogP contribution in [0.2, 0.25) is 0 Å². The maximum absolute atomic E-state index is 5.98. The summed E-state index contributed by atoms with van der Waals surface area (Å²) in [6, 6.07) is 14.2. The van der Waals surface area contributed by atoms with Crippen LogP contribution in [0.5, 0.6) is 0 Å². The van der Waals surface area contributed by atoms with Gasteiger partial charge in [-0.1, -0.05) is 37.6 Å². The summed E-state index contributed by atoms with van der Waals surface area (Å²) in [6.45, 7) is 2.21. The van der Waals surface area contributed by atoms with Crippen molar-refractivity contribution in [3.8, 4) is 11.1 Å². The normalized spacial score (nSPS) is 10.5. The lowest BCUT2D eigenvalue weighted by Crippen LogP contribution is -1.93. The minimum atomic E-state index is 0.745. The molecule has 0 heterocycles. The van der Waals surface area contributed by atoms with E-state index in [4.69, 9.17) is 11.5 Å². The molecule has 0 aliphatic rings. The fraction of sp³-hybridized carbons (Fsp3) is 0.250. The third-order valence-corrected chi connectivity index (χ3v) is 3.16. The molecule has 18 heavy (non-hydrogen) atoms. The monoisotopic (exact) mass is 240 g/mol. The van der Waals surface area contributed by atoms with Gasteiger partial charge in [-0.3, -0.25) is 0 Å². The molecule has 4 N–H and O–H groups in total. The van der Waals surface area contributed by atoms with Gasteiger partial charge in [-0.2, -0.15) is 0 Å². The maximum Gasteiger partial charge on any atom is 0.0395 e. The molecule has 0 unspecified atom stereocenters. The van der Waals surface area contributed by atoms with Crippen molar-refractivity contribution < 1.29 is 0 Å². The van der Waals surface area contributed by atoms with E-state index in [2.05, 4.69) is 31.2 Å². The van der Waals surface area contributed by atoms with Crippen molar-refractivity contribution in [2.45, 2.75) is 26.2 Å². The molecule has 2 rings (SSSR count). The van der Waals surface area contributed by atoms with Gasteiger partial charge < -0.3 is 11.5 Å². The van der Waals surface area contributed by atoms with Crippen LogP contribution < -0.4 is 11.5 Å². The third kappa shape index (κ3) is 2.83. The van der Waals surface area contributed by atoms with E-state index in [1.807, 2.05) is 18.2 Å². The van der Waals surface area contributed by atoms with Gasteiger partial charge in [0.05, 0.1) is 0 Å². The molecule has 0 aromatic heterocycles. The molecular formula is C16H20N2. The minimum Gasteiger partial charge on any atom is -0.399 e. The second-order valence-corrected chi connectivity index (χ2v) is 4.65. The standard InChI is InChI=1S/C16H20N2/c1-2-3-4-12-5-7-13(8-6-12)15-11-14(17)9-10-16(15)18/h5-11H,2-4,17-18H2,1H3. The molecule has 0 saturated carbocycles. The van der Waals surface area contributed by atoms with Crippen LogP contribution in [0.1, 0.15) is 25.3 Å². The fourth-order valence-corrected chi connectivity index (χ4v) is 2.06. The molecule has 0 aliphatic carbocycles. The number of hydrogen-bond donors (Lipinski definition) is 2. The van der Waals surface area contributed by atoms with Crippen LogP contribution in [0.15, 0.2) is 42.5 Å². The number of rotatable bonds is 4. The van der Waals surface area contributed by atoms with Gasteiger partial charge >= 0.3 is 0 Å². The van der Waals surface area contributed by atoms with Crippen LogP contribution in [0.4, 0.5) is 11.4 Å². The number of nitrogens with two attached hydrogens (primary N) is 2. The Bertz CT molecular complexity index is 515. The van der Waals surface area contributed by atoms with Crippen LogP contribution in [-0.2, 0) is 6.42 Å². The van der Waals surface area contributed by atoms with Crippen LogP contribution in [0.25, 0.3) is 11.1 Å². The molecule has 2 nitrogen and oxygen atoms in total. The van der Waals surface area contributed by atoms with Crippen molar-refractivity contribution in [3.05, 3.63) is 48.0 Å². The first-order valence-electron chi connectivity index (χ1n) is 6.45. The molecule has 0 aliphatic heterocycles. The SMILES string of the molecule is CCCCc1ccc(-c2cc(N)ccc2N)cc1. The van der Waals surface area contributed by atoms with Gasteiger partial charge in [0, 0.05) is 16.9 Å². The van der Waals surface area contributed by atoms with Gasteiger partial charge in [0.25, 0.3) is 0 Å². The molecule has 0 atom stereocenters. The summed E-state index contributed by atoms with van der Waals surface area (Å²) in [5.74, 6) is 0. The van der Waals surface area contributed by atoms with Gasteiger partial charge in [-0.15, -0.1) is 0 Å². The van der Waals surface area contributed by atoms with Crippen molar-refractivity contribution in [3.63, 3.8) is 0 Å². The summed E-state index contributed by atoms with van der Waals surface area (Å²) in [7, 11) is 0. The quantitative estimate of drug-likeness (QED) is 0.797. The van der Waals surface area contributed by atoms with Crippen LogP contribution in [0, 0.1) is 0 Å². The van der Waals surface area contributed by atoms with Crippen LogP contribution in [0.3, 0.4) is 0 Å². The highest BCUT2D eigenvalue weighted by Crippen LogP contribution is 2.28. The van der Waals surface area contributed by atoms with E-state index >= 15 is 0 Å². The van der Waals surface area contributed by atoms with Crippen LogP contribution in [-0.4, -0.2) is 0 Å². The Hall–Kier alpha value is -1.96. The Kier molecular flexibility index (Phi) is 3.88. The first kappa shape index (κ1) is 12.5. The lowest BCUT2D eigenvalue weighted by atomic mass is 10.00. The van der Waals surface area contributed by atoms with E-state index in [0.717, 1.165) is 28.9 Å². The maximum atomic E-state index is 5.98. The van der Waals surface area contributed by atoms with Gasteiger partial charge in [-0.05, 0) is 42.2 Å². The zero-order chi connectivity index (χ0) is 13.0. The molecule has 94 valence electrons. The predicted octanol–water partition coefficient (Wildman–Crippen LogP) is 3.86. The summed E-state index contributed by atoms with van der Waals surface area (Å²) < 4.78 is 0. The molecule has 2 aromatic carbocycles. The van der Waals surface area contributed by atoms with Crippen molar-refractivity contribution in [1.82, 2.24) is 0 Å². The van der Waals surface area contributed by atoms with E-state index in [1.165, 1.54) is 18.4 Å². The number of hydrogen-bond acceptors (Lipinski definition) is 2. The van der Waals surface area contributed by atoms with Crippen molar-refractivity contribution >= 4 is 11.4 Å². The zero-order valence-electron chi connectivity index (χ0n) is 10.8. The second-order valence-electron chi connectivity index (χ2n) is 4.65. The van der Waals surface area contributed by atoms with Crippen molar-refractivity contribution in [1.29, 1.82) is 0 Å². The molecule has 0 amide bonds. The van der Waals surface area contributed by atoms with Crippen molar-refractivity contribution in [2.75, 3.05) is 11.5 Å². The summed E-state index contributed by atoms with van der Waals surface area (Å²) in [5.41, 5.74) is 16.8. The average molecular weight is 240 g/mol. The summed E-state index contributed by atoms with van der Waals surface area (Å²) in [4.78, 5) is 0. The van der Waals surface area contributed by atoms with E-state index in [1.54, 1.807) is 0 Å². The Morgan fingerprint density at radius 2 is 1.67 bits per heavy atom. The van der Waals surface area contributed by atoms with E-state index in [0.29, 0.717) is 0 Å². The van der Waals surface area contributed by atoms with Gasteiger partial charge in [-0.25, -0.2) is 0 Å². The molecule has 0 saturated heterocycles. The molecular weight excluding hydrogens is 220 g/mol. The second kappa shape index (κ2) is 5.58. The first-order valence-corrected chi connectivity index (χ1v) is 6.45. The largest absolute Gasteiger partial charge is 0.399 e. The topological polar surface area (TPSA) is 52.0 Å². The number of aryl methyl sites for hydroxylation is 1. The van der Waals surface area contributed by atoms with Crippen molar-refractivity contribution in [2.24, 2.45) is 0 Å². The molecule has 0 fully saturated rings.